The number of rotatable bonds is 6. The van der Waals surface area contributed by atoms with Crippen LogP contribution in [0.4, 0.5) is 13.2 Å². The van der Waals surface area contributed by atoms with Gasteiger partial charge in [0.05, 0.1) is 5.56 Å². The molecule has 20 heavy (non-hydrogen) atoms. The van der Waals surface area contributed by atoms with Crippen LogP contribution < -0.4 is 5.32 Å². The largest absolute Gasteiger partial charge is 0.416 e. The van der Waals surface area contributed by atoms with E-state index >= 15 is 0 Å². The third-order valence-electron chi connectivity index (χ3n) is 3.52. The number of nitrogens with one attached hydrogen (secondary N) is 1. The Morgan fingerprint density at radius 2 is 1.90 bits per heavy atom. The molecule has 1 nitrogen and oxygen atoms in total. The Hall–Kier alpha value is -0.550. The van der Waals surface area contributed by atoms with Crippen molar-refractivity contribution in [2.45, 2.75) is 51.7 Å². The lowest BCUT2D eigenvalue weighted by Gasteiger charge is -2.25. The second kappa shape index (κ2) is 7.46. The molecule has 2 unspecified atom stereocenters. The summed E-state index contributed by atoms with van der Waals surface area (Å²) < 4.78 is 38.5. The van der Waals surface area contributed by atoms with Crippen LogP contribution in [0, 0.1) is 0 Å². The maximum absolute atomic E-state index is 12.7. The van der Waals surface area contributed by atoms with Crippen LogP contribution in [0.2, 0.25) is 0 Å². The first-order valence-corrected chi connectivity index (χ1v) is 7.70. The second-order valence-corrected chi connectivity index (χ2v) is 5.85. The van der Waals surface area contributed by atoms with Crippen LogP contribution in [-0.4, -0.2) is 12.6 Å². The van der Waals surface area contributed by atoms with Crippen molar-refractivity contribution in [2.24, 2.45) is 0 Å². The summed E-state index contributed by atoms with van der Waals surface area (Å²) >= 11 is 3.28. The third-order valence-corrected chi connectivity index (χ3v) is 4.21. The fourth-order valence-corrected chi connectivity index (χ4v) is 3.03. The maximum atomic E-state index is 12.7. The molecule has 1 aromatic carbocycles. The van der Waals surface area contributed by atoms with Crippen molar-refractivity contribution in [1.29, 1.82) is 0 Å². The average molecular weight is 352 g/mol. The van der Waals surface area contributed by atoms with E-state index in [-0.39, 0.29) is 12.0 Å². The van der Waals surface area contributed by atoms with Crippen molar-refractivity contribution < 1.29 is 13.2 Å². The molecule has 0 spiro atoms. The van der Waals surface area contributed by atoms with Crippen LogP contribution in [-0.2, 0) is 6.18 Å². The van der Waals surface area contributed by atoms with Crippen molar-refractivity contribution in [3.63, 3.8) is 0 Å². The Morgan fingerprint density at radius 3 is 2.35 bits per heavy atom. The molecule has 0 radical (unpaired) electrons. The number of benzene rings is 1. The van der Waals surface area contributed by atoms with Crippen molar-refractivity contribution in [2.75, 3.05) is 6.54 Å². The molecule has 0 aliphatic heterocycles. The second-order valence-electron chi connectivity index (χ2n) is 4.99. The Labute approximate surface area is 127 Å². The fourth-order valence-electron chi connectivity index (χ4n) is 2.29. The summed E-state index contributed by atoms with van der Waals surface area (Å²) in [5.41, 5.74) is 0.295. The van der Waals surface area contributed by atoms with Gasteiger partial charge in [-0.2, -0.15) is 13.2 Å². The minimum atomic E-state index is -4.30. The van der Waals surface area contributed by atoms with Gasteiger partial charge in [-0.3, -0.25) is 0 Å². The number of hydrogen-bond acceptors (Lipinski definition) is 1. The minimum Gasteiger partial charge on any atom is -0.313 e. The number of hydrogen-bond donors (Lipinski definition) is 1. The van der Waals surface area contributed by atoms with Crippen molar-refractivity contribution in [3.05, 3.63) is 33.8 Å². The third kappa shape index (κ3) is 4.48. The van der Waals surface area contributed by atoms with Gasteiger partial charge in [0.1, 0.15) is 0 Å². The molecule has 0 aromatic heterocycles. The summed E-state index contributed by atoms with van der Waals surface area (Å²) in [6, 6.07) is 4.16. The van der Waals surface area contributed by atoms with E-state index in [9.17, 15) is 13.2 Å². The topological polar surface area (TPSA) is 12.0 Å². The zero-order valence-electron chi connectivity index (χ0n) is 12.0. The molecule has 1 N–H and O–H groups in total. The van der Waals surface area contributed by atoms with E-state index in [0.29, 0.717) is 4.47 Å². The molecule has 0 bridgehead atoms. The molecule has 0 saturated heterocycles. The van der Waals surface area contributed by atoms with Gasteiger partial charge in [0, 0.05) is 10.5 Å². The van der Waals surface area contributed by atoms with E-state index in [1.807, 2.05) is 6.92 Å². The van der Waals surface area contributed by atoms with E-state index in [4.69, 9.17) is 0 Å². The lowest BCUT2D eigenvalue weighted by atomic mass is 9.91. The minimum absolute atomic E-state index is 0.156. The van der Waals surface area contributed by atoms with E-state index in [1.165, 1.54) is 6.07 Å². The molecule has 5 heteroatoms. The van der Waals surface area contributed by atoms with Gasteiger partial charge in [-0.05, 0) is 43.0 Å². The molecular weight excluding hydrogens is 331 g/mol. The van der Waals surface area contributed by atoms with Gasteiger partial charge in [0.15, 0.2) is 0 Å². The predicted octanol–water partition coefficient (Wildman–Crippen LogP) is 5.35. The standard InChI is InChI=1S/C15H21BrF3N/c1-4-8-20-14(5-2)10(3)12-7-6-11(9-13(12)16)15(17,18)19/h6-7,9-10,14,20H,4-5,8H2,1-3H3. The molecular formula is C15H21BrF3N. The van der Waals surface area contributed by atoms with Crippen LogP contribution in [0.25, 0.3) is 0 Å². The van der Waals surface area contributed by atoms with E-state index in [0.717, 1.165) is 31.0 Å². The highest BCUT2D eigenvalue weighted by Gasteiger charge is 2.31. The predicted molar refractivity (Wildman–Crippen MR) is 79.9 cm³/mol. The highest BCUT2D eigenvalue weighted by Crippen LogP contribution is 2.35. The molecule has 0 fully saturated rings. The molecule has 0 aliphatic rings. The SMILES string of the molecule is CCCNC(CC)C(C)c1ccc(C(F)(F)F)cc1Br. The van der Waals surface area contributed by atoms with Gasteiger partial charge >= 0.3 is 6.18 Å². The van der Waals surface area contributed by atoms with Gasteiger partial charge in [-0.15, -0.1) is 0 Å². The summed E-state index contributed by atoms with van der Waals surface area (Å²) in [6.07, 6.45) is -2.32. The Balaban J connectivity index is 2.95. The summed E-state index contributed by atoms with van der Waals surface area (Å²) in [7, 11) is 0. The van der Waals surface area contributed by atoms with Gasteiger partial charge in [-0.25, -0.2) is 0 Å². The monoisotopic (exact) mass is 351 g/mol. The molecule has 1 aromatic rings. The van der Waals surface area contributed by atoms with Gasteiger partial charge in [0.2, 0.25) is 0 Å². The molecule has 114 valence electrons. The van der Waals surface area contributed by atoms with E-state index in [1.54, 1.807) is 6.07 Å². The summed E-state index contributed by atoms with van der Waals surface area (Å²) in [5.74, 6) is 0.156. The maximum Gasteiger partial charge on any atom is 0.416 e. The Bertz CT molecular complexity index is 432. The van der Waals surface area contributed by atoms with E-state index in [2.05, 4.69) is 35.1 Å². The normalized spacial score (nSPS) is 15.2. The van der Waals surface area contributed by atoms with Crippen molar-refractivity contribution in [3.8, 4) is 0 Å². The first kappa shape index (κ1) is 17.5. The van der Waals surface area contributed by atoms with E-state index < -0.39 is 11.7 Å². The van der Waals surface area contributed by atoms with Crippen LogP contribution in [0.1, 0.15) is 50.7 Å². The van der Waals surface area contributed by atoms with Crippen molar-refractivity contribution >= 4 is 15.9 Å². The molecule has 2 atom stereocenters. The zero-order chi connectivity index (χ0) is 15.3. The molecule has 0 amide bonds. The molecule has 0 aliphatic carbocycles. The smallest absolute Gasteiger partial charge is 0.313 e. The van der Waals surface area contributed by atoms with Crippen molar-refractivity contribution in [1.82, 2.24) is 5.32 Å². The van der Waals surface area contributed by atoms with Gasteiger partial charge < -0.3 is 5.32 Å². The van der Waals surface area contributed by atoms with Crippen LogP contribution >= 0.6 is 15.9 Å². The lowest BCUT2D eigenvalue weighted by molar-refractivity contribution is -0.137. The fraction of sp³-hybridized carbons (Fsp3) is 0.600. The molecule has 1 rings (SSSR count). The van der Waals surface area contributed by atoms with Crippen LogP contribution in [0.3, 0.4) is 0 Å². The quantitative estimate of drug-likeness (QED) is 0.728. The van der Waals surface area contributed by atoms with Gasteiger partial charge in [-0.1, -0.05) is 42.8 Å². The number of alkyl halides is 3. The van der Waals surface area contributed by atoms with Crippen LogP contribution in [0.5, 0.6) is 0 Å². The highest BCUT2D eigenvalue weighted by atomic mass is 79.9. The summed E-state index contributed by atoms with van der Waals surface area (Å²) in [5, 5.41) is 3.45. The average Bonchev–Trinajstić information content (AvgIpc) is 2.38. The molecule has 0 saturated carbocycles. The highest BCUT2D eigenvalue weighted by molar-refractivity contribution is 9.10. The first-order valence-electron chi connectivity index (χ1n) is 6.91. The van der Waals surface area contributed by atoms with Crippen LogP contribution in [0.15, 0.2) is 22.7 Å². The summed E-state index contributed by atoms with van der Waals surface area (Å²) in [6.45, 7) is 7.14. The number of halogens is 4. The zero-order valence-corrected chi connectivity index (χ0v) is 13.6. The molecule has 0 heterocycles. The lowest BCUT2D eigenvalue weighted by Crippen LogP contribution is -2.33. The van der Waals surface area contributed by atoms with Gasteiger partial charge in [0.25, 0.3) is 0 Å². The Morgan fingerprint density at radius 1 is 1.25 bits per heavy atom. The Kier molecular flexibility index (Phi) is 6.52. The first-order chi connectivity index (χ1) is 9.31. The summed E-state index contributed by atoms with van der Waals surface area (Å²) in [4.78, 5) is 0.